The lowest BCUT2D eigenvalue weighted by molar-refractivity contribution is -0.139. The molecule has 1 unspecified atom stereocenters. The van der Waals surface area contributed by atoms with Crippen molar-refractivity contribution < 1.29 is 23.1 Å². The molecule has 1 aliphatic rings. The van der Waals surface area contributed by atoms with Crippen LogP contribution in [0.15, 0.2) is 23.1 Å². The van der Waals surface area contributed by atoms with Crippen molar-refractivity contribution in [3.05, 3.63) is 29.3 Å². The summed E-state index contributed by atoms with van der Waals surface area (Å²) in [7, 11) is -3.86. The zero-order valence-corrected chi connectivity index (χ0v) is 12.8. The van der Waals surface area contributed by atoms with Gasteiger partial charge in [0.25, 0.3) is 0 Å². The van der Waals surface area contributed by atoms with Crippen LogP contribution in [0.2, 0.25) is 0 Å². The summed E-state index contributed by atoms with van der Waals surface area (Å²) in [5, 5.41) is 9.14. The average Bonchev–Trinajstić information content (AvgIpc) is 2.84. The molecule has 0 saturated heterocycles. The molecule has 2 rings (SSSR count). The van der Waals surface area contributed by atoms with Crippen LogP contribution >= 0.6 is 0 Å². The van der Waals surface area contributed by atoms with E-state index in [1.807, 2.05) is 13.8 Å². The molecule has 1 aromatic carbocycles. The van der Waals surface area contributed by atoms with Crippen LogP contribution in [0.3, 0.4) is 0 Å². The Balaban J connectivity index is 2.23. The summed E-state index contributed by atoms with van der Waals surface area (Å²) >= 11 is 0. The van der Waals surface area contributed by atoms with Crippen LogP contribution in [0.25, 0.3) is 0 Å². The minimum atomic E-state index is -3.86. The number of ether oxygens (including phenoxy) is 1. The minimum Gasteiger partial charge on any atom is -0.480 e. The van der Waals surface area contributed by atoms with Crippen molar-refractivity contribution in [1.29, 1.82) is 0 Å². The molecular formula is C14H19NO5S. The highest BCUT2D eigenvalue weighted by Crippen LogP contribution is 2.23. The Labute approximate surface area is 124 Å². The lowest BCUT2D eigenvalue weighted by Crippen LogP contribution is -2.41. The molecule has 6 nitrogen and oxygen atoms in total. The highest BCUT2D eigenvalue weighted by Gasteiger charge is 2.27. The van der Waals surface area contributed by atoms with Crippen molar-refractivity contribution >= 4 is 16.0 Å². The summed E-state index contributed by atoms with van der Waals surface area (Å²) in [6, 6.07) is 3.59. The van der Waals surface area contributed by atoms with E-state index in [0.29, 0.717) is 13.2 Å². The van der Waals surface area contributed by atoms with Crippen molar-refractivity contribution in [2.45, 2.75) is 44.4 Å². The van der Waals surface area contributed by atoms with Gasteiger partial charge in [-0.3, -0.25) is 4.79 Å². The number of hydrogen-bond acceptors (Lipinski definition) is 4. The first-order valence-electron chi connectivity index (χ1n) is 6.74. The van der Waals surface area contributed by atoms with Crippen LogP contribution in [0.5, 0.6) is 0 Å². The molecule has 2 N–H and O–H groups in total. The molecule has 0 aromatic heterocycles. The Hall–Kier alpha value is -1.44. The van der Waals surface area contributed by atoms with Gasteiger partial charge in [0.2, 0.25) is 10.0 Å². The molecule has 1 aliphatic heterocycles. The Morgan fingerprint density at radius 1 is 1.33 bits per heavy atom. The molecular weight excluding hydrogens is 294 g/mol. The molecule has 0 amide bonds. The molecule has 1 atom stereocenters. The second-order valence-electron chi connectivity index (χ2n) is 5.56. The van der Waals surface area contributed by atoms with E-state index in [1.165, 1.54) is 6.07 Å². The van der Waals surface area contributed by atoms with E-state index in [-0.39, 0.29) is 17.2 Å². The fourth-order valence-corrected chi connectivity index (χ4v) is 3.49. The second-order valence-corrected chi connectivity index (χ2v) is 7.28. The largest absolute Gasteiger partial charge is 0.480 e. The number of carbonyl (C=O) groups is 1. The van der Waals surface area contributed by atoms with Gasteiger partial charge < -0.3 is 9.84 Å². The van der Waals surface area contributed by atoms with Crippen LogP contribution in [0.4, 0.5) is 0 Å². The van der Waals surface area contributed by atoms with Gasteiger partial charge in [0, 0.05) is 0 Å². The van der Waals surface area contributed by atoms with Gasteiger partial charge in [-0.05, 0) is 35.6 Å². The van der Waals surface area contributed by atoms with Gasteiger partial charge in [0.1, 0.15) is 6.04 Å². The maximum atomic E-state index is 12.3. The first-order chi connectivity index (χ1) is 9.79. The number of hydrogen-bond donors (Lipinski definition) is 2. The summed E-state index contributed by atoms with van der Waals surface area (Å²) < 4.78 is 32.1. The van der Waals surface area contributed by atoms with E-state index in [4.69, 9.17) is 9.84 Å². The summed E-state index contributed by atoms with van der Waals surface area (Å²) in [5.74, 6) is -1.10. The van der Waals surface area contributed by atoms with Crippen LogP contribution in [-0.4, -0.2) is 25.5 Å². The summed E-state index contributed by atoms with van der Waals surface area (Å²) in [4.78, 5) is 11.3. The number of nitrogens with one attached hydrogen (secondary N) is 1. The van der Waals surface area contributed by atoms with Crippen molar-refractivity contribution in [2.24, 2.45) is 5.92 Å². The number of benzene rings is 1. The van der Waals surface area contributed by atoms with Crippen LogP contribution in [-0.2, 0) is 32.8 Å². The number of rotatable bonds is 6. The number of carboxylic acid groups (broad SMARTS) is 1. The van der Waals surface area contributed by atoms with E-state index in [2.05, 4.69) is 4.72 Å². The van der Waals surface area contributed by atoms with Crippen LogP contribution < -0.4 is 4.72 Å². The van der Waals surface area contributed by atoms with Crippen molar-refractivity contribution in [3.8, 4) is 0 Å². The minimum absolute atomic E-state index is 0.0711. The predicted octanol–water partition coefficient (Wildman–Crippen LogP) is 1.49. The number of aliphatic carboxylic acids is 1. The lowest BCUT2D eigenvalue weighted by Gasteiger charge is -2.17. The molecule has 1 aromatic rings. The summed E-state index contributed by atoms with van der Waals surface area (Å²) in [5.41, 5.74) is 1.79. The third kappa shape index (κ3) is 3.81. The molecule has 7 heteroatoms. The van der Waals surface area contributed by atoms with Crippen molar-refractivity contribution in [2.75, 3.05) is 0 Å². The van der Waals surface area contributed by atoms with Crippen LogP contribution in [0, 0.1) is 5.92 Å². The third-order valence-corrected chi connectivity index (χ3v) is 4.78. The van der Waals surface area contributed by atoms with Gasteiger partial charge in [0.15, 0.2) is 0 Å². The number of fused-ring (bicyclic) bond motifs is 1. The van der Waals surface area contributed by atoms with Gasteiger partial charge in [-0.2, -0.15) is 4.72 Å². The topological polar surface area (TPSA) is 92.7 Å². The Morgan fingerprint density at radius 3 is 2.62 bits per heavy atom. The van der Waals surface area contributed by atoms with E-state index >= 15 is 0 Å². The van der Waals surface area contributed by atoms with E-state index in [0.717, 1.165) is 11.1 Å². The maximum absolute atomic E-state index is 12.3. The predicted molar refractivity (Wildman–Crippen MR) is 76.1 cm³/mol. The quantitative estimate of drug-likeness (QED) is 0.830. The third-order valence-electron chi connectivity index (χ3n) is 3.31. The fraction of sp³-hybridized carbons (Fsp3) is 0.500. The van der Waals surface area contributed by atoms with Gasteiger partial charge in [-0.25, -0.2) is 8.42 Å². The van der Waals surface area contributed by atoms with Gasteiger partial charge in [0.05, 0.1) is 18.1 Å². The standard InChI is InChI=1S/C14H19NO5S/c1-9(2)5-13(14(16)17)15-21(18,19)12-4-3-10-7-20-8-11(10)6-12/h3-4,6,9,13,15H,5,7-8H2,1-2H3,(H,16,17). The van der Waals surface area contributed by atoms with Crippen LogP contribution in [0.1, 0.15) is 31.4 Å². The second kappa shape index (κ2) is 6.13. The highest BCUT2D eigenvalue weighted by atomic mass is 32.2. The Bertz CT molecular complexity index is 639. The molecule has 0 radical (unpaired) electrons. The zero-order chi connectivity index (χ0) is 15.6. The lowest BCUT2D eigenvalue weighted by atomic mass is 10.1. The zero-order valence-electron chi connectivity index (χ0n) is 12.0. The van der Waals surface area contributed by atoms with Crippen molar-refractivity contribution in [3.63, 3.8) is 0 Å². The smallest absolute Gasteiger partial charge is 0.321 e. The van der Waals surface area contributed by atoms with E-state index < -0.39 is 22.0 Å². The van der Waals surface area contributed by atoms with E-state index in [1.54, 1.807) is 12.1 Å². The van der Waals surface area contributed by atoms with Crippen molar-refractivity contribution in [1.82, 2.24) is 4.72 Å². The molecule has 0 saturated carbocycles. The summed E-state index contributed by atoms with van der Waals surface area (Å²) in [6.45, 7) is 4.55. The Kier molecular flexibility index (Phi) is 4.65. The maximum Gasteiger partial charge on any atom is 0.321 e. The molecule has 1 heterocycles. The first kappa shape index (κ1) is 15.9. The van der Waals surface area contributed by atoms with Gasteiger partial charge >= 0.3 is 5.97 Å². The molecule has 21 heavy (non-hydrogen) atoms. The highest BCUT2D eigenvalue weighted by molar-refractivity contribution is 7.89. The fourth-order valence-electron chi connectivity index (χ4n) is 2.24. The number of sulfonamides is 1. The molecule has 0 aliphatic carbocycles. The SMILES string of the molecule is CC(C)CC(NS(=O)(=O)c1ccc2c(c1)COC2)C(=O)O. The normalized spacial score (nSPS) is 16.0. The number of carboxylic acids is 1. The Morgan fingerprint density at radius 2 is 2.00 bits per heavy atom. The van der Waals surface area contributed by atoms with Gasteiger partial charge in [-0.1, -0.05) is 19.9 Å². The molecule has 0 bridgehead atoms. The molecule has 116 valence electrons. The molecule has 0 fully saturated rings. The van der Waals surface area contributed by atoms with E-state index in [9.17, 15) is 13.2 Å². The molecule has 0 spiro atoms. The first-order valence-corrected chi connectivity index (χ1v) is 8.22. The monoisotopic (exact) mass is 313 g/mol. The van der Waals surface area contributed by atoms with Gasteiger partial charge in [-0.15, -0.1) is 0 Å². The summed E-state index contributed by atoms with van der Waals surface area (Å²) in [6.07, 6.45) is 0.239. The average molecular weight is 313 g/mol.